The van der Waals surface area contributed by atoms with E-state index >= 15 is 0 Å². The molecule has 0 aromatic carbocycles. The highest BCUT2D eigenvalue weighted by Gasteiger charge is 2.06. The second kappa shape index (κ2) is 33.5. The fourth-order valence-electron chi connectivity index (χ4n) is 4.82. The zero-order valence-corrected chi connectivity index (χ0v) is 27.1. The second-order valence-electron chi connectivity index (χ2n) is 11.3. The van der Waals surface area contributed by atoms with E-state index in [1.165, 1.54) is 128 Å². The number of hydrogen-bond acceptors (Lipinski definition) is 5. The summed E-state index contributed by atoms with van der Waals surface area (Å²) in [6, 6.07) is 0. The Morgan fingerprint density at radius 1 is 0.410 bits per heavy atom. The maximum Gasteiger partial charge on any atom is 0.306 e. The number of hydrogen-bond donors (Lipinski definition) is 0. The van der Waals surface area contributed by atoms with Crippen molar-refractivity contribution < 1.29 is 19.1 Å². The van der Waals surface area contributed by atoms with Crippen molar-refractivity contribution >= 4 is 23.7 Å². The van der Waals surface area contributed by atoms with Crippen molar-refractivity contribution in [3.63, 3.8) is 0 Å². The summed E-state index contributed by atoms with van der Waals surface area (Å²) in [6.07, 6.45) is 32.5. The third kappa shape index (κ3) is 33.4. The van der Waals surface area contributed by atoms with Crippen LogP contribution in [0.15, 0.2) is 0 Å². The summed E-state index contributed by atoms with van der Waals surface area (Å²) in [6.45, 7) is 5.59. The first-order valence-electron chi connectivity index (χ1n) is 17.1. The molecule has 0 bridgehead atoms. The molecule has 0 saturated heterocycles. The first-order valence-corrected chi connectivity index (χ1v) is 18.2. The molecule has 5 heteroatoms. The van der Waals surface area contributed by atoms with Crippen LogP contribution in [0.25, 0.3) is 0 Å². The van der Waals surface area contributed by atoms with E-state index in [9.17, 15) is 9.59 Å². The Bertz CT molecular complexity index is 511. The Morgan fingerprint density at radius 3 is 0.949 bits per heavy atom. The van der Waals surface area contributed by atoms with E-state index in [1.54, 1.807) is 11.8 Å². The van der Waals surface area contributed by atoms with Crippen LogP contribution in [0.4, 0.5) is 0 Å². The van der Waals surface area contributed by atoms with Crippen molar-refractivity contribution in [3.05, 3.63) is 0 Å². The molecular weight excluding hydrogens is 504 g/mol. The van der Waals surface area contributed by atoms with Gasteiger partial charge in [-0.3, -0.25) is 9.59 Å². The molecule has 0 rings (SSSR count). The van der Waals surface area contributed by atoms with Crippen molar-refractivity contribution in [2.45, 2.75) is 181 Å². The van der Waals surface area contributed by atoms with Crippen molar-refractivity contribution in [2.24, 2.45) is 0 Å². The number of rotatable bonds is 32. The quantitative estimate of drug-likeness (QED) is 0.0594. The monoisotopic (exact) mass is 570 g/mol. The summed E-state index contributed by atoms with van der Waals surface area (Å²) in [5, 5.41) is 0. The van der Waals surface area contributed by atoms with Crippen LogP contribution in [-0.4, -0.2) is 36.7 Å². The van der Waals surface area contributed by atoms with Gasteiger partial charge in [0.1, 0.15) is 0 Å². The predicted molar refractivity (Wildman–Crippen MR) is 171 cm³/mol. The highest BCUT2D eigenvalue weighted by molar-refractivity contribution is 7.99. The predicted octanol–water partition coefficient (Wildman–Crippen LogP) is 11.0. The van der Waals surface area contributed by atoms with Gasteiger partial charge in [-0.05, 0) is 12.8 Å². The molecule has 0 spiro atoms. The number of carbonyl (C=O) groups excluding carboxylic acids is 2. The molecule has 0 aromatic rings. The lowest BCUT2D eigenvalue weighted by Gasteiger charge is -2.06. The molecule has 232 valence electrons. The van der Waals surface area contributed by atoms with Gasteiger partial charge >= 0.3 is 11.9 Å². The van der Waals surface area contributed by atoms with Crippen molar-refractivity contribution in [1.82, 2.24) is 0 Å². The van der Waals surface area contributed by atoms with Gasteiger partial charge in [-0.2, -0.15) is 11.8 Å². The van der Waals surface area contributed by atoms with Gasteiger partial charge in [0.25, 0.3) is 0 Å². The minimum atomic E-state index is -0.118. The zero-order chi connectivity index (χ0) is 28.5. The lowest BCUT2D eigenvalue weighted by molar-refractivity contribution is -0.144. The minimum Gasteiger partial charge on any atom is -0.466 e. The fourth-order valence-corrected chi connectivity index (χ4v) is 5.64. The van der Waals surface area contributed by atoms with E-state index in [0.717, 1.165) is 25.7 Å². The van der Waals surface area contributed by atoms with E-state index in [1.807, 2.05) is 0 Å². The number of carbonyl (C=O) groups is 2. The first kappa shape index (κ1) is 38.3. The molecule has 0 atom stereocenters. The molecule has 4 nitrogen and oxygen atoms in total. The van der Waals surface area contributed by atoms with Crippen LogP contribution >= 0.6 is 11.8 Å². The largest absolute Gasteiger partial charge is 0.466 e. The maximum atomic E-state index is 11.9. The summed E-state index contributed by atoms with van der Waals surface area (Å²) in [5.41, 5.74) is 0. The van der Waals surface area contributed by atoms with Crippen LogP contribution < -0.4 is 0 Å². The Hall–Kier alpha value is -0.710. The highest BCUT2D eigenvalue weighted by Crippen LogP contribution is 2.14. The summed E-state index contributed by atoms with van der Waals surface area (Å²) in [7, 11) is 0. The van der Waals surface area contributed by atoms with Crippen LogP contribution in [0.5, 0.6) is 0 Å². The maximum absolute atomic E-state index is 11.9. The van der Waals surface area contributed by atoms with Crippen LogP contribution in [-0.2, 0) is 19.1 Å². The zero-order valence-electron chi connectivity index (χ0n) is 26.3. The van der Waals surface area contributed by atoms with Gasteiger partial charge in [0.15, 0.2) is 0 Å². The van der Waals surface area contributed by atoms with Crippen molar-refractivity contribution in [3.8, 4) is 0 Å². The van der Waals surface area contributed by atoms with Gasteiger partial charge in [-0.25, -0.2) is 0 Å². The first-order chi connectivity index (χ1) is 19.2. The van der Waals surface area contributed by atoms with Gasteiger partial charge in [0.05, 0.1) is 26.1 Å². The summed E-state index contributed by atoms with van der Waals surface area (Å²) in [4.78, 5) is 23.6. The summed E-state index contributed by atoms with van der Waals surface area (Å²) < 4.78 is 10.6. The molecule has 0 unspecified atom stereocenters. The Kier molecular flexibility index (Phi) is 32.9. The molecule has 0 saturated carbocycles. The molecule has 0 aromatic heterocycles. The molecule has 0 aliphatic carbocycles. The van der Waals surface area contributed by atoms with Gasteiger partial charge < -0.3 is 9.47 Å². The van der Waals surface area contributed by atoms with E-state index in [0.29, 0.717) is 37.6 Å². The Labute approximate surface area is 247 Å². The number of thioether (sulfide) groups is 1. The molecule has 39 heavy (non-hydrogen) atoms. The van der Waals surface area contributed by atoms with Gasteiger partial charge in [-0.1, -0.05) is 155 Å². The molecule has 0 aliphatic heterocycles. The third-order valence-electron chi connectivity index (χ3n) is 7.42. The highest BCUT2D eigenvalue weighted by atomic mass is 32.2. The average Bonchev–Trinajstić information content (AvgIpc) is 2.93. The van der Waals surface area contributed by atoms with Crippen LogP contribution in [0.3, 0.4) is 0 Å². The molecule has 0 radical (unpaired) electrons. The van der Waals surface area contributed by atoms with Gasteiger partial charge in [0.2, 0.25) is 0 Å². The molecule has 0 amide bonds. The Morgan fingerprint density at radius 2 is 0.667 bits per heavy atom. The minimum absolute atomic E-state index is 0.111. The van der Waals surface area contributed by atoms with E-state index in [2.05, 4.69) is 13.8 Å². The van der Waals surface area contributed by atoms with Crippen LogP contribution in [0, 0.1) is 0 Å². The molecule has 0 heterocycles. The fraction of sp³-hybridized carbons (Fsp3) is 0.941. The third-order valence-corrected chi connectivity index (χ3v) is 8.41. The summed E-state index contributed by atoms with van der Waals surface area (Å²) >= 11 is 1.63. The molecular formula is C34H66O4S. The van der Waals surface area contributed by atoms with E-state index < -0.39 is 0 Å². The second-order valence-corrected chi connectivity index (χ2v) is 12.6. The standard InChI is InChI=1S/C34H66O4S/c1-3-5-7-9-11-12-13-14-15-16-17-18-19-20-21-22-24-26-30-38-34(36)28-32-39-31-27-33(35)37-29-25-23-10-8-6-4-2/h3-32H2,1-2H3. The lowest BCUT2D eigenvalue weighted by Crippen LogP contribution is -2.09. The van der Waals surface area contributed by atoms with E-state index in [-0.39, 0.29) is 11.9 Å². The Balaban J connectivity index is 3.23. The smallest absolute Gasteiger partial charge is 0.306 e. The van der Waals surface area contributed by atoms with Crippen molar-refractivity contribution in [2.75, 3.05) is 24.7 Å². The van der Waals surface area contributed by atoms with Gasteiger partial charge in [0, 0.05) is 11.5 Å². The summed E-state index contributed by atoms with van der Waals surface area (Å²) in [5.74, 6) is 1.19. The average molecular weight is 571 g/mol. The molecule has 0 aliphatic rings. The normalized spacial score (nSPS) is 11.1. The SMILES string of the molecule is CCCCCCCCCCCCCCCCCCCCOC(=O)CCSCCC(=O)OCCCCCCCC. The lowest BCUT2D eigenvalue weighted by atomic mass is 10.0. The number of ether oxygens (including phenoxy) is 2. The topological polar surface area (TPSA) is 52.6 Å². The molecule has 0 fully saturated rings. The molecule has 0 N–H and O–H groups in total. The van der Waals surface area contributed by atoms with Gasteiger partial charge in [-0.15, -0.1) is 0 Å². The van der Waals surface area contributed by atoms with Crippen LogP contribution in [0.1, 0.15) is 181 Å². The van der Waals surface area contributed by atoms with Crippen LogP contribution in [0.2, 0.25) is 0 Å². The van der Waals surface area contributed by atoms with E-state index in [4.69, 9.17) is 9.47 Å². The van der Waals surface area contributed by atoms with Crippen molar-refractivity contribution in [1.29, 1.82) is 0 Å². The number of esters is 2. The number of unbranched alkanes of at least 4 members (excludes halogenated alkanes) is 22.